The van der Waals surface area contributed by atoms with E-state index < -0.39 is 6.10 Å². The molecule has 30 heavy (non-hydrogen) atoms. The summed E-state index contributed by atoms with van der Waals surface area (Å²) in [6.07, 6.45) is 2.00. The van der Waals surface area contributed by atoms with Crippen molar-refractivity contribution in [1.82, 2.24) is 9.80 Å². The fraction of sp³-hybridized carbons (Fsp3) is 0.320. The Bertz CT molecular complexity index is 897. The Morgan fingerprint density at radius 3 is 2.40 bits per heavy atom. The summed E-state index contributed by atoms with van der Waals surface area (Å²) in [7, 11) is 0. The number of nitrogens with zero attached hydrogens (tertiary/aromatic N) is 2. The van der Waals surface area contributed by atoms with Crippen molar-refractivity contribution in [1.29, 1.82) is 0 Å². The Kier molecular flexibility index (Phi) is 6.95. The van der Waals surface area contributed by atoms with Crippen molar-refractivity contribution in [2.45, 2.75) is 25.6 Å². The lowest BCUT2D eigenvalue weighted by Gasteiger charge is -2.35. The first-order valence-corrected chi connectivity index (χ1v) is 10.5. The highest BCUT2D eigenvalue weighted by molar-refractivity contribution is 5.81. The lowest BCUT2D eigenvalue weighted by Crippen LogP contribution is -2.50. The van der Waals surface area contributed by atoms with Crippen LogP contribution in [0.25, 0.3) is 0 Å². The van der Waals surface area contributed by atoms with Gasteiger partial charge in [0.05, 0.1) is 19.4 Å². The highest BCUT2D eigenvalue weighted by atomic mass is 16.5. The summed E-state index contributed by atoms with van der Waals surface area (Å²) in [5.41, 5.74) is 2.46. The zero-order valence-electron chi connectivity index (χ0n) is 17.2. The summed E-state index contributed by atoms with van der Waals surface area (Å²) < 4.78 is 11.4. The summed E-state index contributed by atoms with van der Waals surface area (Å²) in [6.45, 7) is 3.92. The SMILES string of the molecule is O=C(C1CN(Cc2ccccc2)CCO1)N(CCc1ccccc1)Cc1ccco1. The van der Waals surface area contributed by atoms with Gasteiger partial charge >= 0.3 is 0 Å². The minimum absolute atomic E-state index is 0.0279. The molecule has 2 aromatic carbocycles. The number of morpholine rings is 1. The molecule has 0 spiro atoms. The van der Waals surface area contributed by atoms with Gasteiger partial charge in [0, 0.05) is 26.2 Å². The number of hydrogen-bond donors (Lipinski definition) is 0. The van der Waals surface area contributed by atoms with E-state index in [-0.39, 0.29) is 5.91 Å². The average molecular weight is 405 g/mol. The van der Waals surface area contributed by atoms with Crippen LogP contribution in [0.1, 0.15) is 16.9 Å². The molecule has 1 aliphatic rings. The van der Waals surface area contributed by atoms with E-state index in [0.29, 0.717) is 26.2 Å². The Hall–Kier alpha value is -2.89. The van der Waals surface area contributed by atoms with Gasteiger partial charge in [-0.15, -0.1) is 0 Å². The number of ether oxygens (including phenoxy) is 1. The minimum atomic E-state index is -0.451. The molecule has 1 fully saturated rings. The lowest BCUT2D eigenvalue weighted by molar-refractivity contribution is -0.150. The maximum atomic E-state index is 13.4. The van der Waals surface area contributed by atoms with Gasteiger partial charge in [-0.3, -0.25) is 9.69 Å². The van der Waals surface area contributed by atoms with Crippen LogP contribution in [0.5, 0.6) is 0 Å². The monoisotopic (exact) mass is 404 g/mol. The smallest absolute Gasteiger partial charge is 0.253 e. The van der Waals surface area contributed by atoms with Crippen molar-refractivity contribution < 1.29 is 13.9 Å². The van der Waals surface area contributed by atoms with Gasteiger partial charge < -0.3 is 14.1 Å². The van der Waals surface area contributed by atoms with Gasteiger partial charge in [-0.1, -0.05) is 60.7 Å². The maximum absolute atomic E-state index is 13.4. The van der Waals surface area contributed by atoms with Crippen molar-refractivity contribution >= 4 is 5.91 Å². The van der Waals surface area contributed by atoms with Crippen LogP contribution in [0.15, 0.2) is 83.5 Å². The second-order valence-electron chi connectivity index (χ2n) is 7.65. The molecule has 1 aromatic heterocycles. The third-order valence-corrected chi connectivity index (χ3v) is 5.43. The third kappa shape index (κ3) is 5.59. The molecule has 0 aliphatic carbocycles. The summed E-state index contributed by atoms with van der Waals surface area (Å²) >= 11 is 0. The van der Waals surface area contributed by atoms with Crippen LogP contribution in [0.4, 0.5) is 0 Å². The van der Waals surface area contributed by atoms with Gasteiger partial charge in [-0.05, 0) is 29.7 Å². The molecule has 1 aliphatic heterocycles. The predicted molar refractivity (Wildman–Crippen MR) is 116 cm³/mol. The number of benzene rings is 2. The molecule has 2 heterocycles. The molecule has 0 bridgehead atoms. The zero-order valence-corrected chi connectivity index (χ0v) is 17.2. The first-order chi connectivity index (χ1) is 14.8. The van der Waals surface area contributed by atoms with E-state index in [4.69, 9.17) is 9.15 Å². The van der Waals surface area contributed by atoms with Crippen LogP contribution in [-0.4, -0.2) is 48.1 Å². The molecule has 5 heteroatoms. The first kappa shape index (κ1) is 20.4. The molecule has 1 saturated heterocycles. The Morgan fingerprint density at radius 1 is 0.967 bits per heavy atom. The lowest BCUT2D eigenvalue weighted by atomic mass is 10.1. The fourth-order valence-electron chi connectivity index (χ4n) is 3.81. The van der Waals surface area contributed by atoms with E-state index in [1.807, 2.05) is 53.4 Å². The normalized spacial score (nSPS) is 17.0. The fourth-order valence-corrected chi connectivity index (χ4v) is 3.81. The van der Waals surface area contributed by atoms with Crippen LogP contribution in [0.2, 0.25) is 0 Å². The van der Waals surface area contributed by atoms with E-state index in [1.165, 1.54) is 11.1 Å². The third-order valence-electron chi connectivity index (χ3n) is 5.43. The summed E-state index contributed by atoms with van der Waals surface area (Å²) in [5, 5.41) is 0. The van der Waals surface area contributed by atoms with E-state index in [9.17, 15) is 4.79 Å². The van der Waals surface area contributed by atoms with Gasteiger partial charge in [-0.25, -0.2) is 0 Å². The molecule has 1 atom stereocenters. The molecule has 1 amide bonds. The van der Waals surface area contributed by atoms with E-state index in [0.717, 1.165) is 25.3 Å². The predicted octanol–water partition coefficient (Wildman–Crippen LogP) is 3.75. The minimum Gasteiger partial charge on any atom is -0.467 e. The van der Waals surface area contributed by atoms with Crippen LogP contribution < -0.4 is 0 Å². The van der Waals surface area contributed by atoms with Crippen LogP contribution in [0, 0.1) is 0 Å². The number of furan rings is 1. The molecule has 5 nitrogen and oxygen atoms in total. The highest BCUT2D eigenvalue weighted by Gasteiger charge is 2.30. The summed E-state index contributed by atoms with van der Waals surface area (Å²) in [6, 6.07) is 24.4. The molecule has 156 valence electrons. The van der Waals surface area contributed by atoms with Crippen LogP contribution in [0.3, 0.4) is 0 Å². The van der Waals surface area contributed by atoms with Gasteiger partial charge in [0.15, 0.2) is 0 Å². The van der Waals surface area contributed by atoms with E-state index in [2.05, 4.69) is 29.2 Å². The zero-order chi connectivity index (χ0) is 20.6. The molecular formula is C25H28N2O3. The van der Waals surface area contributed by atoms with Crippen LogP contribution in [-0.2, 0) is 29.0 Å². The largest absolute Gasteiger partial charge is 0.467 e. The topological polar surface area (TPSA) is 45.9 Å². The molecule has 0 radical (unpaired) electrons. The maximum Gasteiger partial charge on any atom is 0.253 e. The van der Waals surface area contributed by atoms with E-state index in [1.54, 1.807) is 6.26 Å². The quantitative estimate of drug-likeness (QED) is 0.574. The molecule has 0 saturated carbocycles. The number of carbonyl (C=O) groups is 1. The standard InChI is InChI=1S/C25H28N2O3/c28-25(24-20-26(15-17-30-24)18-22-10-5-2-6-11-22)27(19-23-12-7-16-29-23)14-13-21-8-3-1-4-9-21/h1-12,16,24H,13-15,17-20H2. The molecule has 1 unspecified atom stereocenters. The van der Waals surface area contributed by atoms with Crippen LogP contribution >= 0.6 is 0 Å². The molecular weight excluding hydrogens is 376 g/mol. The second-order valence-corrected chi connectivity index (χ2v) is 7.65. The van der Waals surface area contributed by atoms with E-state index >= 15 is 0 Å². The average Bonchev–Trinajstić information content (AvgIpc) is 3.31. The molecule has 3 aromatic rings. The van der Waals surface area contributed by atoms with Gasteiger partial charge in [0.25, 0.3) is 5.91 Å². The summed E-state index contributed by atoms with van der Waals surface area (Å²) in [5.74, 6) is 0.813. The van der Waals surface area contributed by atoms with Crippen molar-refractivity contribution in [3.05, 3.63) is 95.9 Å². The van der Waals surface area contributed by atoms with Crippen molar-refractivity contribution in [2.24, 2.45) is 0 Å². The Labute approximate surface area is 177 Å². The van der Waals surface area contributed by atoms with Gasteiger partial charge in [0.1, 0.15) is 11.9 Å². The van der Waals surface area contributed by atoms with Crippen molar-refractivity contribution in [3.8, 4) is 0 Å². The molecule has 4 rings (SSSR count). The van der Waals surface area contributed by atoms with Gasteiger partial charge in [0.2, 0.25) is 0 Å². The number of amides is 1. The second kappa shape index (κ2) is 10.2. The Balaban J connectivity index is 1.41. The van der Waals surface area contributed by atoms with Crippen molar-refractivity contribution in [2.75, 3.05) is 26.2 Å². The number of carbonyl (C=O) groups excluding carboxylic acids is 1. The number of hydrogen-bond acceptors (Lipinski definition) is 4. The highest BCUT2D eigenvalue weighted by Crippen LogP contribution is 2.15. The van der Waals surface area contributed by atoms with Gasteiger partial charge in [-0.2, -0.15) is 0 Å². The first-order valence-electron chi connectivity index (χ1n) is 10.5. The van der Waals surface area contributed by atoms with Crippen molar-refractivity contribution in [3.63, 3.8) is 0 Å². The summed E-state index contributed by atoms with van der Waals surface area (Å²) in [4.78, 5) is 17.5. The Morgan fingerprint density at radius 2 is 1.70 bits per heavy atom. The number of rotatable bonds is 8. The molecule has 0 N–H and O–H groups in total.